The predicted octanol–water partition coefficient (Wildman–Crippen LogP) is 3.53. The van der Waals surface area contributed by atoms with E-state index in [1.54, 1.807) is 12.1 Å². The Balaban J connectivity index is 2.43. The van der Waals surface area contributed by atoms with E-state index in [1.165, 1.54) is 12.1 Å². The average molecular weight is 255 g/mol. The molecule has 6 heteroatoms. The van der Waals surface area contributed by atoms with Gasteiger partial charge in [0, 0.05) is 18.2 Å². The van der Waals surface area contributed by atoms with E-state index < -0.39 is 11.7 Å². The van der Waals surface area contributed by atoms with E-state index in [0.29, 0.717) is 18.1 Å². The van der Waals surface area contributed by atoms with Crippen molar-refractivity contribution in [1.29, 1.82) is 0 Å². The molecule has 0 spiro atoms. The van der Waals surface area contributed by atoms with Crippen LogP contribution in [0.25, 0.3) is 11.3 Å². The molecule has 2 N–H and O–H groups in total. The molecule has 0 saturated carbocycles. The van der Waals surface area contributed by atoms with Gasteiger partial charge in [0.15, 0.2) is 0 Å². The summed E-state index contributed by atoms with van der Waals surface area (Å²) >= 11 is 0. The fourth-order valence-corrected chi connectivity index (χ4v) is 1.70. The van der Waals surface area contributed by atoms with E-state index in [4.69, 9.17) is 0 Å². The normalized spacial score (nSPS) is 11.6. The molecule has 1 aromatic carbocycles. The molecule has 3 nitrogen and oxygen atoms in total. The molecule has 1 heterocycles. The Morgan fingerprint density at radius 1 is 1.28 bits per heavy atom. The van der Waals surface area contributed by atoms with E-state index in [0.717, 1.165) is 6.07 Å². The number of H-pyrrole nitrogens is 1. The van der Waals surface area contributed by atoms with Crippen LogP contribution in [0.2, 0.25) is 0 Å². The van der Waals surface area contributed by atoms with Crippen molar-refractivity contribution in [2.75, 3.05) is 11.9 Å². The number of nitrogens with zero attached hydrogens (tertiary/aromatic N) is 1. The maximum absolute atomic E-state index is 12.8. The first kappa shape index (κ1) is 12.5. The smallest absolute Gasteiger partial charge is 0.369 e. The second-order valence-corrected chi connectivity index (χ2v) is 3.74. The lowest BCUT2D eigenvalue weighted by Gasteiger charge is -2.10. The fraction of sp³-hybridized carbons (Fsp3) is 0.250. The van der Waals surface area contributed by atoms with Crippen LogP contribution in [-0.4, -0.2) is 16.7 Å². The zero-order valence-electron chi connectivity index (χ0n) is 9.67. The number of nitrogens with one attached hydrogen (secondary N) is 2. The molecule has 0 amide bonds. The molecule has 0 radical (unpaired) electrons. The van der Waals surface area contributed by atoms with Crippen molar-refractivity contribution in [2.45, 2.75) is 13.1 Å². The van der Waals surface area contributed by atoms with Gasteiger partial charge in [0.25, 0.3) is 0 Å². The second kappa shape index (κ2) is 4.72. The molecule has 0 saturated heterocycles. The fourth-order valence-electron chi connectivity index (χ4n) is 1.70. The lowest BCUT2D eigenvalue weighted by Crippen LogP contribution is -2.06. The maximum Gasteiger partial charge on any atom is 0.417 e. The highest BCUT2D eigenvalue weighted by Gasteiger charge is 2.33. The summed E-state index contributed by atoms with van der Waals surface area (Å²) in [7, 11) is 0. The quantitative estimate of drug-likeness (QED) is 0.880. The second-order valence-electron chi connectivity index (χ2n) is 3.74. The van der Waals surface area contributed by atoms with Crippen molar-refractivity contribution in [3.8, 4) is 11.3 Å². The van der Waals surface area contributed by atoms with Crippen molar-refractivity contribution in [3.05, 3.63) is 35.9 Å². The van der Waals surface area contributed by atoms with Gasteiger partial charge in [0.2, 0.25) is 0 Å². The summed E-state index contributed by atoms with van der Waals surface area (Å²) < 4.78 is 38.5. The van der Waals surface area contributed by atoms with E-state index >= 15 is 0 Å². The molecule has 96 valence electrons. The monoisotopic (exact) mass is 255 g/mol. The number of aromatic nitrogens is 2. The van der Waals surface area contributed by atoms with Gasteiger partial charge >= 0.3 is 6.18 Å². The molecule has 0 aliphatic heterocycles. The van der Waals surface area contributed by atoms with E-state index in [2.05, 4.69) is 15.5 Å². The van der Waals surface area contributed by atoms with Crippen LogP contribution in [0.5, 0.6) is 0 Å². The van der Waals surface area contributed by atoms with E-state index in [9.17, 15) is 13.2 Å². The first-order valence-corrected chi connectivity index (χ1v) is 5.48. The molecule has 2 aromatic rings. The van der Waals surface area contributed by atoms with E-state index in [-0.39, 0.29) is 5.56 Å². The molecule has 0 fully saturated rings. The first-order chi connectivity index (χ1) is 8.52. The Bertz CT molecular complexity index is 531. The third kappa shape index (κ3) is 2.47. The summed E-state index contributed by atoms with van der Waals surface area (Å²) in [6, 6.07) is 6.98. The Labute approximate surface area is 102 Å². The molecular formula is C12H12F3N3. The van der Waals surface area contributed by atoms with Crippen molar-refractivity contribution in [2.24, 2.45) is 0 Å². The van der Waals surface area contributed by atoms with E-state index in [1.807, 2.05) is 6.92 Å². The Hall–Kier alpha value is -1.98. The zero-order chi connectivity index (χ0) is 13.2. The van der Waals surface area contributed by atoms with Crippen LogP contribution in [0.4, 0.5) is 19.0 Å². The minimum atomic E-state index is -4.37. The van der Waals surface area contributed by atoms with Gasteiger partial charge in [0.05, 0.1) is 11.3 Å². The standard InChI is InChI=1S/C12H12F3N3/c1-2-16-11-7-10(17-18-11)8-5-3-4-6-9(8)12(13,14)15/h3-7H,2H2,1H3,(H2,16,17,18). The van der Waals surface area contributed by atoms with Gasteiger partial charge in [-0.1, -0.05) is 18.2 Å². The number of benzene rings is 1. The minimum Gasteiger partial charge on any atom is -0.369 e. The van der Waals surface area contributed by atoms with Crippen LogP contribution in [0.1, 0.15) is 12.5 Å². The molecule has 2 rings (SSSR count). The summed E-state index contributed by atoms with van der Waals surface area (Å²) in [6.07, 6.45) is -4.37. The summed E-state index contributed by atoms with van der Waals surface area (Å²) in [4.78, 5) is 0. The summed E-state index contributed by atoms with van der Waals surface area (Å²) in [5, 5.41) is 9.44. The Morgan fingerprint density at radius 3 is 2.67 bits per heavy atom. The highest BCUT2D eigenvalue weighted by Crippen LogP contribution is 2.36. The lowest BCUT2D eigenvalue weighted by atomic mass is 10.0. The molecule has 0 unspecified atom stereocenters. The van der Waals surface area contributed by atoms with Crippen LogP contribution >= 0.6 is 0 Å². The van der Waals surface area contributed by atoms with Crippen molar-refractivity contribution in [3.63, 3.8) is 0 Å². The largest absolute Gasteiger partial charge is 0.417 e. The molecule has 0 bridgehead atoms. The van der Waals surface area contributed by atoms with Gasteiger partial charge in [0.1, 0.15) is 5.82 Å². The van der Waals surface area contributed by atoms with Gasteiger partial charge in [-0.15, -0.1) is 0 Å². The van der Waals surface area contributed by atoms with Crippen LogP contribution in [-0.2, 0) is 6.18 Å². The number of hydrogen-bond donors (Lipinski definition) is 2. The van der Waals surface area contributed by atoms with Crippen LogP contribution in [0, 0.1) is 0 Å². The Kier molecular flexibility index (Phi) is 3.27. The topological polar surface area (TPSA) is 40.7 Å². The molecule has 1 aromatic heterocycles. The third-order valence-electron chi connectivity index (χ3n) is 2.46. The van der Waals surface area contributed by atoms with Crippen molar-refractivity contribution < 1.29 is 13.2 Å². The highest BCUT2D eigenvalue weighted by atomic mass is 19.4. The number of aromatic amines is 1. The SMILES string of the molecule is CCNc1cc(-c2ccccc2C(F)(F)F)[nH]n1. The van der Waals surface area contributed by atoms with Crippen LogP contribution in [0.15, 0.2) is 30.3 Å². The van der Waals surface area contributed by atoms with Crippen LogP contribution in [0.3, 0.4) is 0 Å². The van der Waals surface area contributed by atoms with Crippen LogP contribution < -0.4 is 5.32 Å². The molecular weight excluding hydrogens is 243 g/mol. The third-order valence-corrected chi connectivity index (χ3v) is 2.46. The predicted molar refractivity (Wildman–Crippen MR) is 63.2 cm³/mol. The average Bonchev–Trinajstić information content (AvgIpc) is 2.77. The summed E-state index contributed by atoms with van der Waals surface area (Å²) in [6.45, 7) is 2.54. The van der Waals surface area contributed by atoms with Gasteiger partial charge in [-0.05, 0) is 13.0 Å². The highest BCUT2D eigenvalue weighted by molar-refractivity contribution is 5.67. The molecule has 0 aliphatic rings. The van der Waals surface area contributed by atoms with Gasteiger partial charge < -0.3 is 5.32 Å². The minimum absolute atomic E-state index is 0.0988. The first-order valence-electron chi connectivity index (χ1n) is 5.48. The summed E-state index contributed by atoms with van der Waals surface area (Å²) in [5.74, 6) is 0.532. The van der Waals surface area contributed by atoms with Gasteiger partial charge in [-0.25, -0.2) is 0 Å². The maximum atomic E-state index is 12.8. The Morgan fingerprint density at radius 2 is 2.00 bits per heavy atom. The number of hydrogen-bond acceptors (Lipinski definition) is 2. The molecule has 18 heavy (non-hydrogen) atoms. The number of halogens is 3. The summed E-state index contributed by atoms with van der Waals surface area (Å²) in [5.41, 5.74) is -0.225. The molecule has 0 atom stereocenters. The number of rotatable bonds is 3. The lowest BCUT2D eigenvalue weighted by molar-refractivity contribution is -0.137. The van der Waals surface area contributed by atoms with Crippen molar-refractivity contribution >= 4 is 5.82 Å². The van der Waals surface area contributed by atoms with Gasteiger partial charge in [-0.2, -0.15) is 18.3 Å². The van der Waals surface area contributed by atoms with Crippen molar-refractivity contribution in [1.82, 2.24) is 10.2 Å². The molecule has 0 aliphatic carbocycles. The number of alkyl halides is 3. The number of anilines is 1. The van der Waals surface area contributed by atoms with Gasteiger partial charge in [-0.3, -0.25) is 5.10 Å². The zero-order valence-corrected chi connectivity index (χ0v) is 9.67.